The molecule has 0 saturated carbocycles. The van der Waals surface area contributed by atoms with E-state index in [0.29, 0.717) is 19.4 Å². The number of nitrogens with one attached hydrogen (secondary N) is 3. The minimum atomic E-state index is -0.757. The van der Waals surface area contributed by atoms with Crippen LogP contribution in [0.25, 0.3) is 11.1 Å². The van der Waals surface area contributed by atoms with Gasteiger partial charge in [0.1, 0.15) is 6.61 Å². The number of carbonyl (C=O) groups excluding carboxylic acids is 2. The van der Waals surface area contributed by atoms with Crippen molar-refractivity contribution in [2.45, 2.75) is 31.9 Å². The van der Waals surface area contributed by atoms with E-state index in [2.05, 4.69) is 28.8 Å². The van der Waals surface area contributed by atoms with E-state index in [1.807, 2.05) is 24.3 Å². The van der Waals surface area contributed by atoms with Crippen molar-refractivity contribution in [2.75, 3.05) is 6.54 Å². The number of fused-ring (bicyclic) bond motifs is 3. The second-order valence-corrected chi connectivity index (χ2v) is 6.65. The fourth-order valence-electron chi connectivity index (χ4n) is 3.38. The number of rotatable bonds is 8. The molecule has 0 saturated heterocycles. The maximum atomic E-state index is 12.1. The fourth-order valence-corrected chi connectivity index (χ4v) is 3.38. The van der Waals surface area contributed by atoms with Gasteiger partial charge in [-0.05, 0) is 47.1 Å². The molecule has 0 aliphatic heterocycles. The summed E-state index contributed by atoms with van der Waals surface area (Å²) in [4.78, 5) is 23.1. The van der Waals surface area contributed by atoms with Crippen molar-refractivity contribution in [2.24, 2.45) is 5.73 Å². The van der Waals surface area contributed by atoms with Crippen molar-refractivity contribution >= 4 is 18.3 Å². The van der Waals surface area contributed by atoms with E-state index in [4.69, 9.17) is 15.9 Å². The summed E-state index contributed by atoms with van der Waals surface area (Å²) >= 11 is 0. The number of hydrogen-bond donors (Lipinski definition) is 4. The number of ether oxygens (including phenoxy) is 1. The standard InChI is InChI=1S/C21H23N4O3/c22-20(23)24-10-4-7-16(12-26)25-21(27)28-13-15-6-3-9-18-17-8-2-1-5-14(17)11-19(15)18/h1-3,5-6,8-9,16H,4,7,10-11,13H2,(H,25,27)(H4,22,23,24). The van der Waals surface area contributed by atoms with Crippen LogP contribution in [-0.4, -0.2) is 30.9 Å². The van der Waals surface area contributed by atoms with E-state index in [-0.39, 0.29) is 12.6 Å². The molecule has 0 heterocycles. The lowest BCUT2D eigenvalue weighted by atomic mass is 10.0. The zero-order chi connectivity index (χ0) is 19.9. The van der Waals surface area contributed by atoms with Crippen LogP contribution in [0, 0.1) is 5.41 Å². The van der Waals surface area contributed by atoms with Gasteiger partial charge in [0, 0.05) is 6.54 Å². The highest BCUT2D eigenvalue weighted by Crippen LogP contribution is 2.38. The van der Waals surface area contributed by atoms with Crippen LogP contribution < -0.4 is 16.4 Å². The summed E-state index contributed by atoms with van der Waals surface area (Å²) in [5, 5.41) is 12.2. The highest BCUT2D eigenvalue weighted by molar-refractivity contribution is 5.78. The van der Waals surface area contributed by atoms with Gasteiger partial charge < -0.3 is 21.1 Å². The van der Waals surface area contributed by atoms with Crippen LogP contribution in [0.2, 0.25) is 0 Å². The molecule has 1 atom stereocenters. The van der Waals surface area contributed by atoms with E-state index in [0.717, 1.165) is 12.0 Å². The first-order valence-corrected chi connectivity index (χ1v) is 9.16. The summed E-state index contributed by atoms with van der Waals surface area (Å²) in [7, 11) is 0. The van der Waals surface area contributed by atoms with E-state index >= 15 is 0 Å². The SMILES string of the molecule is N=C(N)NCCCC([C]=O)NC(=O)OCc1cccc2c1Cc1ccccc1-2. The van der Waals surface area contributed by atoms with Gasteiger partial charge >= 0.3 is 6.09 Å². The second kappa shape index (κ2) is 9.03. The number of amides is 1. The van der Waals surface area contributed by atoms with E-state index in [1.165, 1.54) is 22.3 Å². The first-order chi connectivity index (χ1) is 13.6. The summed E-state index contributed by atoms with van der Waals surface area (Å²) in [6.07, 6.45) is 2.91. The third kappa shape index (κ3) is 4.68. The molecule has 145 valence electrons. The largest absolute Gasteiger partial charge is 0.445 e. The van der Waals surface area contributed by atoms with Crippen LogP contribution in [0.4, 0.5) is 4.79 Å². The van der Waals surface area contributed by atoms with Gasteiger partial charge in [-0.1, -0.05) is 42.5 Å². The van der Waals surface area contributed by atoms with Gasteiger partial charge in [0.15, 0.2) is 5.96 Å². The number of alkyl carbamates (subject to hydrolysis) is 1. The lowest BCUT2D eigenvalue weighted by molar-refractivity contribution is 0.137. The topological polar surface area (TPSA) is 117 Å². The van der Waals surface area contributed by atoms with E-state index in [1.54, 1.807) is 6.29 Å². The molecule has 7 nitrogen and oxygen atoms in total. The molecule has 0 aromatic heterocycles. The average molecular weight is 379 g/mol. The Morgan fingerprint density at radius 3 is 2.79 bits per heavy atom. The number of benzene rings is 2. The molecule has 0 bridgehead atoms. The van der Waals surface area contributed by atoms with Gasteiger partial charge in [0.05, 0.1) is 6.04 Å². The number of nitrogens with two attached hydrogens (primary N) is 1. The van der Waals surface area contributed by atoms with Crippen LogP contribution in [-0.2, 0) is 22.6 Å². The van der Waals surface area contributed by atoms with Gasteiger partial charge in [-0.15, -0.1) is 0 Å². The number of guanidine groups is 1. The normalized spacial score (nSPS) is 12.4. The first kappa shape index (κ1) is 19.4. The Morgan fingerprint density at radius 1 is 1.21 bits per heavy atom. The van der Waals surface area contributed by atoms with Gasteiger partial charge in [0.25, 0.3) is 0 Å². The Labute approximate surface area is 163 Å². The Balaban J connectivity index is 1.53. The lowest BCUT2D eigenvalue weighted by Gasteiger charge is -2.14. The lowest BCUT2D eigenvalue weighted by Crippen LogP contribution is -2.37. The van der Waals surface area contributed by atoms with Crippen molar-refractivity contribution in [1.29, 1.82) is 5.41 Å². The molecule has 2 aromatic carbocycles. The molecule has 1 unspecified atom stereocenters. The van der Waals surface area contributed by atoms with Crippen molar-refractivity contribution in [3.8, 4) is 11.1 Å². The maximum absolute atomic E-state index is 12.1. The molecule has 2 aromatic rings. The van der Waals surface area contributed by atoms with Crippen LogP contribution in [0.5, 0.6) is 0 Å². The Bertz CT molecular complexity index is 882. The molecule has 1 aliphatic rings. The second-order valence-electron chi connectivity index (χ2n) is 6.65. The van der Waals surface area contributed by atoms with E-state index < -0.39 is 12.1 Å². The Kier molecular flexibility index (Phi) is 6.26. The minimum absolute atomic E-state index is 0.128. The molecule has 1 aliphatic carbocycles. The van der Waals surface area contributed by atoms with Crippen LogP contribution >= 0.6 is 0 Å². The van der Waals surface area contributed by atoms with Crippen molar-refractivity contribution in [3.63, 3.8) is 0 Å². The predicted molar refractivity (Wildman–Crippen MR) is 107 cm³/mol. The summed E-state index contributed by atoms with van der Waals surface area (Å²) in [5.74, 6) is -0.128. The highest BCUT2D eigenvalue weighted by atomic mass is 16.5. The summed E-state index contributed by atoms with van der Waals surface area (Å²) < 4.78 is 5.33. The molecule has 28 heavy (non-hydrogen) atoms. The molecule has 5 N–H and O–H groups in total. The van der Waals surface area contributed by atoms with Gasteiger partial charge in [-0.3, -0.25) is 10.2 Å². The molecule has 3 rings (SSSR count). The quantitative estimate of drug-likeness (QED) is 0.272. The molecule has 7 heteroatoms. The minimum Gasteiger partial charge on any atom is -0.445 e. The molecular weight excluding hydrogens is 356 g/mol. The molecule has 0 spiro atoms. The number of hydrogen-bond acceptors (Lipinski definition) is 4. The zero-order valence-electron chi connectivity index (χ0n) is 15.5. The first-order valence-electron chi connectivity index (χ1n) is 9.16. The van der Waals surface area contributed by atoms with Crippen LogP contribution in [0.1, 0.15) is 29.5 Å². The third-order valence-corrected chi connectivity index (χ3v) is 4.73. The third-order valence-electron chi connectivity index (χ3n) is 4.73. The number of carbonyl (C=O) groups is 1. The molecule has 1 amide bonds. The summed E-state index contributed by atoms with van der Waals surface area (Å²) in [6.45, 7) is 0.585. The van der Waals surface area contributed by atoms with Crippen LogP contribution in [0.15, 0.2) is 42.5 Å². The Hall–Kier alpha value is -3.35. The smallest absolute Gasteiger partial charge is 0.408 e. The summed E-state index contributed by atoms with van der Waals surface area (Å²) in [5.41, 5.74) is 11.0. The predicted octanol–water partition coefficient (Wildman–Crippen LogP) is 2.23. The zero-order valence-corrected chi connectivity index (χ0v) is 15.5. The molecule has 0 fully saturated rings. The molecule has 1 radical (unpaired) electrons. The Morgan fingerprint density at radius 2 is 2.00 bits per heavy atom. The average Bonchev–Trinajstić information content (AvgIpc) is 3.08. The van der Waals surface area contributed by atoms with E-state index in [9.17, 15) is 9.59 Å². The molecular formula is C21H23N4O3. The van der Waals surface area contributed by atoms with Crippen LogP contribution in [0.3, 0.4) is 0 Å². The highest BCUT2D eigenvalue weighted by Gasteiger charge is 2.21. The monoisotopic (exact) mass is 379 g/mol. The van der Waals surface area contributed by atoms with Crippen molar-refractivity contribution in [3.05, 3.63) is 59.2 Å². The maximum Gasteiger partial charge on any atom is 0.408 e. The summed E-state index contributed by atoms with van der Waals surface area (Å²) in [6, 6.07) is 13.5. The fraction of sp³-hybridized carbons (Fsp3) is 0.286. The van der Waals surface area contributed by atoms with Crippen molar-refractivity contribution < 1.29 is 14.3 Å². The van der Waals surface area contributed by atoms with Gasteiger partial charge in [-0.2, -0.15) is 0 Å². The van der Waals surface area contributed by atoms with Gasteiger partial charge in [-0.25, -0.2) is 4.79 Å². The van der Waals surface area contributed by atoms with Gasteiger partial charge in [0.2, 0.25) is 6.29 Å². The van der Waals surface area contributed by atoms with Crippen molar-refractivity contribution in [1.82, 2.24) is 10.6 Å².